The summed E-state index contributed by atoms with van der Waals surface area (Å²) in [7, 11) is 0. The van der Waals surface area contributed by atoms with Crippen LogP contribution in [0, 0.1) is 11.6 Å². The molecular formula is C10H8F2O6. The predicted molar refractivity (Wildman–Crippen MR) is 51.9 cm³/mol. The summed E-state index contributed by atoms with van der Waals surface area (Å²) in [4.78, 5) is 21.2. The van der Waals surface area contributed by atoms with Crippen LogP contribution in [0.5, 0.6) is 0 Å². The van der Waals surface area contributed by atoms with Gasteiger partial charge in [0.15, 0.2) is 17.7 Å². The lowest BCUT2D eigenvalue weighted by Gasteiger charge is -2.16. The van der Waals surface area contributed by atoms with E-state index in [0.29, 0.717) is 12.1 Å². The maximum atomic E-state index is 12.9. The van der Waals surface area contributed by atoms with Crippen molar-refractivity contribution in [2.45, 2.75) is 12.2 Å². The Bertz CT molecular complexity index is 501. The van der Waals surface area contributed by atoms with Crippen LogP contribution in [0.1, 0.15) is 22.0 Å². The molecule has 4 N–H and O–H groups in total. The number of aromatic carboxylic acids is 1. The van der Waals surface area contributed by atoms with Crippen LogP contribution < -0.4 is 0 Å². The molecule has 0 spiro atoms. The van der Waals surface area contributed by atoms with Gasteiger partial charge in [-0.15, -0.1) is 0 Å². The fourth-order valence-electron chi connectivity index (χ4n) is 1.30. The van der Waals surface area contributed by atoms with Crippen molar-refractivity contribution in [3.05, 3.63) is 34.9 Å². The Hall–Kier alpha value is -2.06. The lowest BCUT2D eigenvalue weighted by Crippen LogP contribution is -2.29. The summed E-state index contributed by atoms with van der Waals surface area (Å²) in [6, 6.07) is 0.625. The third kappa shape index (κ3) is 2.60. The zero-order chi connectivity index (χ0) is 14.0. The van der Waals surface area contributed by atoms with Crippen molar-refractivity contribution >= 4 is 11.9 Å². The number of hydrogen-bond donors (Lipinski definition) is 4. The van der Waals surface area contributed by atoms with E-state index in [-0.39, 0.29) is 0 Å². The third-order valence-electron chi connectivity index (χ3n) is 2.19. The number of carboxylic acid groups (broad SMARTS) is 2. The highest BCUT2D eigenvalue weighted by Crippen LogP contribution is 2.24. The standard InChI is InChI=1S/C10H8F2O6/c11-5-1-3(7(13)8(14)10(17)18)4(9(15)16)2-6(5)12/h1-2,7-8,13-14H,(H,15,16)(H,17,18). The smallest absolute Gasteiger partial charge is 0.336 e. The SMILES string of the molecule is O=C(O)c1cc(F)c(F)cc1C(O)C(O)C(=O)O. The molecule has 0 bridgehead atoms. The van der Waals surface area contributed by atoms with Gasteiger partial charge in [0.2, 0.25) is 0 Å². The molecule has 0 heterocycles. The molecule has 0 saturated carbocycles. The van der Waals surface area contributed by atoms with Gasteiger partial charge in [0, 0.05) is 5.56 Å². The van der Waals surface area contributed by atoms with Gasteiger partial charge in [-0.3, -0.25) is 0 Å². The van der Waals surface area contributed by atoms with Gasteiger partial charge in [-0.25, -0.2) is 18.4 Å². The minimum atomic E-state index is -2.35. The van der Waals surface area contributed by atoms with E-state index in [4.69, 9.17) is 15.3 Å². The summed E-state index contributed by atoms with van der Waals surface area (Å²) >= 11 is 0. The van der Waals surface area contributed by atoms with Crippen LogP contribution in [-0.4, -0.2) is 38.5 Å². The summed E-state index contributed by atoms with van der Waals surface area (Å²) in [6.45, 7) is 0. The number of carboxylic acids is 2. The Morgan fingerprint density at radius 3 is 2.00 bits per heavy atom. The van der Waals surface area contributed by atoms with E-state index in [1.54, 1.807) is 0 Å². The van der Waals surface area contributed by atoms with E-state index >= 15 is 0 Å². The molecule has 0 aliphatic heterocycles. The average molecular weight is 262 g/mol. The first kappa shape index (κ1) is 14.0. The van der Waals surface area contributed by atoms with Crippen LogP contribution >= 0.6 is 0 Å². The maximum absolute atomic E-state index is 12.9. The Balaban J connectivity index is 3.34. The summed E-state index contributed by atoms with van der Waals surface area (Å²) in [5, 5.41) is 35.6. The Morgan fingerprint density at radius 2 is 1.56 bits per heavy atom. The van der Waals surface area contributed by atoms with Crippen LogP contribution in [0.4, 0.5) is 8.78 Å². The first-order valence-electron chi connectivity index (χ1n) is 4.57. The maximum Gasteiger partial charge on any atom is 0.336 e. The van der Waals surface area contributed by atoms with Crippen molar-refractivity contribution < 1.29 is 38.8 Å². The van der Waals surface area contributed by atoms with Gasteiger partial charge >= 0.3 is 11.9 Å². The van der Waals surface area contributed by atoms with Crippen molar-refractivity contribution in [1.29, 1.82) is 0 Å². The van der Waals surface area contributed by atoms with E-state index in [1.165, 1.54) is 0 Å². The van der Waals surface area contributed by atoms with Crippen LogP contribution in [-0.2, 0) is 4.79 Å². The zero-order valence-electron chi connectivity index (χ0n) is 8.67. The number of aliphatic carboxylic acids is 1. The molecule has 2 unspecified atom stereocenters. The molecule has 0 aromatic heterocycles. The molecule has 2 atom stereocenters. The number of aliphatic hydroxyl groups is 2. The number of halogens is 2. The molecule has 1 rings (SSSR count). The Labute approximate surface area is 98.7 Å². The first-order valence-corrected chi connectivity index (χ1v) is 4.57. The van der Waals surface area contributed by atoms with Gasteiger partial charge in [-0.05, 0) is 12.1 Å². The number of aliphatic hydroxyl groups excluding tert-OH is 2. The largest absolute Gasteiger partial charge is 0.479 e. The normalized spacial score (nSPS) is 14.0. The second kappa shape index (κ2) is 5.07. The second-order valence-electron chi connectivity index (χ2n) is 3.39. The van der Waals surface area contributed by atoms with E-state index in [0.717, 1.165) is 0 Å². The molecule has 0 fully saturated rings. The summed E-state index contributed by atoms with van der Waals surface area (Å²) in [5.41, 5.74) is -1.56. The highest BCUT2D eigenvalue weighted by molar-refractivity contribution is 5.90. The van der Waals surface area contributed by atoms with Crippen LogP contribution in [0.3, 0.4) is 0 Å². The molecule has 18 heavy (non-hydrogen) atoms. The molecular weight excluding hydrogens is 254 g/mol. The molecule has 1 aromatic carbocycles. The highest BCUT2D eigenvalue weighted by atomic mass is 19.2. The molecule has 0 aliphatic carbocycles. The lowest BCUT2D eigenvalue weighted by atomic mass is 9.98. The molecule has 0 radical (unpaired) electrons. The van der Waals surface area contributed by atoms with Crippen LogP contribution in [0.15, 0.2) is 12.1 Å². The van der Waals surface area contributed by atoms with Gasteiger partial charge in [-0.1, -0.05) is 0 Å². The van der Waals surface area contributed by atoms with Crippen molar-refractivity contribution in [2.75, 3.05) is 0 Å². The van der Waals surface area contributed by atoms with Crippen molar-refractivity contribution in [3.63, 3.8) is 0 Å². The summed E-state index contributed by atoms with van der Waals surface area (Å²) in [5.74, 6) is -6.45. The molecule has 1 aromatic rings. The number of carbonyl (C=O) groups is 2. The first-order chi connectivity index (χ1) is 8.25. The van der Waals surface area contributed by atoms with Gasteiger partial charge in [0.05, 0.1) is 5.56 Å². The quantitative estimate of drug-likeness (QED) is 0.613. The molecule has 0 amide bonds. The van der Waals surface area contributed by atoms with Gasteiger partial charge in [0.1, 0.15) is 6.10 Å². The van der Waals surface area contributed by atoms with Gasteiger partial charge < -0.3 is 20.4 Å². The zero-order valence-corrected chi connectivity index (χ0v) is 8.67. The molecule has 6 nitrogen and oxygen atoms in total. The van der Waals surface area contributed by atoms with Gasteiger partial charge in [-0.2, -0.15) is 0 Å². The highest BCUT2D eigenvalue weighted by Gasteiger charge is 2.30. The van der Waals surface area contributed by atoms with Crippen molar-refractivity contribution in [1.82, 2.24) is 0 Å². The Morgan fingerprint density at radius 1 is 1.06 bits per heavy atom. The minimum absolute atomic E-state index is 0.296. The number of benzene rings is 1. The van der Waals surface area contributed by atoms with Crippen molar-refractivity contribution in [2.24, 2.45) is 0 Å². The monoisotopic (exact) mass is 262 g/mol. The fourth-order valence-corrected chi connectivity index (χ4v) is 1.30. The lowest BCUT2D eigenvalue weighted by molar-refractivity contribution is -0.153. The number of hydrogen-bond acceptors (Lipinski definition) is 4. The number of rotatable bonds is 4. The third-order valence-corrected chi connectivity index (χ3v) is 2.19. The van der Waals surface area contributed by atoms with Crippen LogP contribution in [0.2, 0.25) is 0 Å². The van der Waals surface area contributed by atoms with Crippen molar-refractivity contribution in [3.8, 4) is 0 Å². The molecule has 0 aliphatic rings. The topological polar surface area (TPSA) is 115 Å². The predicted octanol–water partition coefficient (Wildman–Crippen LogP) is 0.142. The second-order valence-corrected chi connectivity index (χ2v) is 3.39. The summed E-state index contributed by atoms with van der Waals surface area (Å²) in [6.07, 6.45) is -4.54. The van der Waals surface area contributed by atoms with Gasteiger partial charge in [0.25, 0.3) is 0 Å². The Kier molecular flexibility index (Phi) is 3.94. The van der Waals surface area contributed by atoms with E-state index in [2.05, 4.69) is 0 Å². The molecule has 8 heteroatoms. The average Bonchev–Trinajstić information content (AvgIpc) is 2.29. The van der Waals surface area contributed by atoms with E-state index in [9.17, 15) is 23.5 Å². The molecule has 0 saturated heterocycles. The van der Waals surface area contributed by atoms with E-state index in [1.807, 2.05) is 0 Å². The minimum Gasteiger partial charge on any atom is -0.479 e. The molecule has 98 valence electrons. The fraction of sp³-hybridized carbons (Fsp3) is 0.200. The van der Waals surface area contributed by atoms with Crippen LogP contribution in [0.25, 0.3) is 0 Å². The summed E-state index contributed by atoms with van der Waals surface area (Å²) < 4.78 is 25.8. The van der Waals surface area contributed by atoms with E-state index < -0.39 is 46.9 Å².